The Bertz CT molecular complexity index is 687. The molecule has 0 amide bonds. The van der Waals surface area contributed by atoms with Crippen molar-refractivity contribution >= 4 is 10.0 Å². The fraction of sp³-hybridized carbons (Fsp3) is 0.357. The van der Waals surface area contributed by atoms with Crippen molar-refractivity contribution in [3.05, 3.63) is 48.3 Å². The van der Waals surface area contributed by atoms with Crippen LogP contribution in [0.4, 0.5) is 0 Å². The third-order valence-corrected chi connectivity index (χ3v) is 4.18. The molecule has 2 aromatic rings. The minimum Gasteiger partial charge on any atom is -0.324 e. The van der Waals surface area contributed by atoms with E-state index in [2.05, 4.69) is 9.82 Å². The molecular formula is C14H20N4O2S. The minimum atomic E-state index is -3.58. The molecule has 0 aliphatic rings. The molecule has 6 nitrogen and oxygen atoms in total. The van der Waals surface area contributed by atoms with Gasteiger partial charge in [-0.2, -0.15) is 5.10 Å². The number of sulfonamides is 1. The van der Waals surface area contributed by atoms with Crippen LogP contribution in [-0.4, -0.2) is 30.3 Å². The van der Waals surface area contributed by atoms with Crippen molar-refractivity contribution in [1.29, 1.82) is 0 Å². The average Bonchev–Trinajstić information content (AvgIpc) is 2.86. The van der Waals surface area contributed by atoms with Gasteiger partial charge in [-0.25, -0.2) is 13.1 Å². The van der Waals surface area contributed by atoms with E-state index in [0.29, 0.717) is 6.54 Å². The van der Waals surface area contributed by atoms with Gasteiger partial charge in [0.15, 0.2) is 0 Å². The highest BCUT2D eigenvalue weighted by Gasteiger charge is 2.20. The summed E-state index contributed by atoms with van der Waals surface area (Å²) in [4.78, 5) is 0.141. The standard InChI is InChI=1S/C14H20N4O2S/c1-14(2,15)11-17-21(19,20)13-8-16-18(10-13)9-12-6-4-3-5-7-12/h3-8,10,17H,9,11,15H2,1-2H3. The molecule has 0 spiro atoms. The molecule has 0 aliphatic heterocycles. The van der Waals surface area contributed by atoms with Crippen LogP contribution in [0.2, 0.25) is 0 Å². The molecule has 114 valence electrons. The van der Waals surface area contributed by atoms with Crippen molar-refractivity contribution in [3.8, 4) is 0 Å². The molecule has 1 aromatic heterocycles. The summed E-state index contributed by atoms with van der Waals surface area (Å²) in [5, 5.41) is 4.09. The lowest BCUT2D eigenvalue weighted by molar-refractivity contribution is 0.498. The van der Waals surface area contributed by atoms with Crippen molar-refractivity contribution < 1.29 is 8.42 Å². The van der Waals surface area contributed by atoms with Gasteiger partial charge in [0, 0.05) is 18.3 Å². The molecule has 0 aliphatic carbocycles. The van der Waals surface area contributed by atoms with E-state index in [1.807, 2.05) is 30.3 Å². The first-order valence-electron chi connectivity index (χ1n) is 6.61. The van der Waals surface area contributed by atoms with Gasteiger partial charge in [-0.15, -0.1) is 0 Å². The third-order valence-electron chi connectivity index (χ3n) is 2.83. The minimum absolute atomic E-state index is 0.141. The Morgan fingerprint density at radius 3 is 2.57 bits per heavy atom. The van der Waals surface area contributed by atoms with E-state index in [-0.39, 0.29) is 11.4 Å². The van der Waals surface area contributed by atoms with Crippen molar-refractivity contribution in [3.63, 3.8) is 0 Å². The number of hydrogen-bond acceptors (Lipinski definition) is 4. The maximum absolute atomic E-state index is 12.1. The molecule has 3 N–H and O–H groups in total. The zero-order valence-electron chi connectivity index (χ0n) is 12.2. The van der Waals surface area contributed by atoms with Gasteiger partial charge in [-0.05, 0) is 19.4 Å². The first-order valence-corrected chi connectivity index (χ1v) is 8.09. The maximum Gasteiger partial charge on any atom is 0.243 e. The number of benzene rings is 1. The smallest absolute Gasteiger partial charge is 0.243 e. The van der Waals surface area contributed by atoms with Crippen LogP contribution in [0.25, 0.3) is 0 Å². The normalized spacial score (nSPS) is 12.5. The number of nitrogens with zero attached hydrogens (tertiary/aromatic N) is 2. The molecule has 0 saturated heterocycles. The van der Waals surface area contributed by atoms with E-state index in [4.69, 9.17) is 5.73 Å². The van der Waals surface area contributed by atoms with Crippen LogP contribution in [0.3, 0.4) is 0 Å². The molecule has 0 radical (unpaired) electrons. The Balaban J connectivity index is 2.08. The first kappa shape index (κ1) is 15.7. The Kier molecular flexibility index (Phi) is 4.46. The predicted molar refractivity (Wildman–Crippen MR) is 81.2 cm³/mol. The predicted octanol–water partition coefficient (Wildman–Crippen LogP) is 0.947. The number of aromatic nitrogens is 2. The summed E-state index contributed by atoms with van der Waals surface area (Å²) in [6.07, 6.45) is 2.85. The van der Waals surface area contributed by atoms with E-state index >= 15 is 0 Å². The lowest BCUT2D eigenvalue weighted by atomic mass is 10.1. The second-order valence-electron chi connectivity index (χ2n) is 5.67. The zero-order valence-corrected chi connectivity index (χ0v) is 13.0. The largest absolute Gasteiger partial charge is 0.324 e. The van der Waals surface area contributed by atoms with Crippen LogP contribution in [0.15, 0.2) is 47.6 Å². The van der Waals surface area contributed by atoms with Gasteiger partial charge in [0.25, 0.3) is 0 Å². The van der Waals surface area contributed by atoms with E-state index in [9.17, 15) is 8.42 Å². The molecule has 7 heteroatoms. The lowest BCUT2D eigenvalue weighted by Gasteiger charge is -2.18. The summed E-state index contributed by atoms with van der Waals surface area (Å²) < 4.78 is 28.3. The van der Waals surface area contributed by atoms with Crippen molar-refractivity contribution in [1.82, 2.24) is 14.5 Å². The van der Waals surface area contributed by atoms with Crippen LogP contribution in [0.5, 0.6) is 0 Å². The highest BCUT2D eigenvalue weighted by molar-refractivity contribution is 7.89. The van der Waals surface area contributed by atoms with Crippen molar-refractivity contribution in [2.45, 2.75) is 30.8 Å². The molecule has 0 unspecified atom stereocenters. The van der Waals surface area contributed by atoms with Gasteiger partial charge in [0.1, 0.15) is 4.90 Å². The summed E-state index contributed by atoms with van der Waals surface area (Å²) in [5.41, 5.74) is 6.23. The van der Waals surface area contributed by atoms with Crippen LogP contribution in [0, 0.1) is 0 Å². The molecule has 1 aromatic carbocycles. The summed E-state index contributed by atoms with van der Waals surface area (Å²) in [6, 6.07) is 9.72. The zero-order chi connectivity index (χ0) is 15.5. The maximum atomic E-state index is 12.1. The number of nitrogens with one attached hydrogen (secondary N) is 1. The van der Waals surface area contributed by atoms with Gasteiger partial charge in [-0.1, -0.05) is 30.3 Å². The van der Waals surface area contributed by atoms with E-state index in [0.717, 1.165) is 5.56 Å². The topological polar surface area (TPSA) is 90.0 Å². The highest BCUT2D eigenvalue weighted by Crippen LogP contribution is 2.09. The Hall–Kier alpha value is -1.70. The van der Waals surface area contributed by atoms with Crippen LogP contribution < -0.4 is 10.5 Å². The van der Waals surface area contributed by atoms with Crippen LogP contribution in [0.1, 0.15) is 19.4 Å². The van der Waals surface area contributed by atoms with Gasteiger partial charge in [0.2, 0.25) is 10.0 Å². The van der Waals surface area contributed by atoms with Gasteiger partial charge in [0.05, 0.1) is 12.7 Å². The molecule has 0 atom stereocenters. The second kappa shape index (κ2) is 5.97. The number of rotatable bonds is 6. The van der Waals surface area contributed by atoms with Gasteiger partial charge >= 0.3 is 0 Å². The highest BCUT2D eigenvalue weighted by atomic mass is 32.2. The molecule has 0 fully saturated rings. The fourth-order valence-electron chi connectivity index (χ4n) is 1.70. The van der Waals surface area contributed by atoms with E-state index < -0.39 is 15.6 Å². The number of nitrogens with two attached hydrogens (primary N) is 1. The fourth-order valence-corrected chi connectivity index (χ4v) is 2.88. The Morgan fingerprint density at radius 1 is 1.29 bits per heavy atom. The van der Waals surface area contributed by atoms with Gasteiger partial charge < -0.3 is 5.73 Å². The molecule has 0 bridgehead atoms. The summed E-state index contributed by atoms with van der Waals surface area (Å²) in [6.45, 7) is 4.21. The Morgan fingerprint density at radius 2 is 1.95 bits per heavy atom. The van der Waals surface area contributed by atoms with Crippen LogP contribution in [-0.2, 0) is 16.6 Å². The molecule has 21 heavy (non-hydrogen) atoms. The lowest BCUT2D eigenvalue weighted by Crippen LogP contribution is -2.44. The van der Waals surface area contributed by atoms with Crippen molar-refractivity contribution in [2.75, 3.05) is 6.54 Å². The average molecular weight is 308 g/mol. The SMILES string of the molecule is CC(C)(N)CNS(=O)(=O)c1cnn(Cc2ccccc2)c1. The quantitative estimate of drug-likeness (QED) is 0.831. The third kappa shape index (κ3) is 4.66. The van der Waals surface area contributed by atoms with E-state index in [1.165, 1.54) is 12.4 Å². The molecule has 0 saturated carbocycles. The number of hydrogen-bond donors (Lipinski definition) is 2. The van der Waals surface area contributed by atoms with Crippen molar-refractivity contribution in [2.24, 2.45) is 5.73 Å². The van der Waals surface area contributed by atoms with Gasteiger partial charge in [-0.3, -0.25) is 4.68 Å². The monoisotopic (exact) mass is 308 g/mol. The summed E-state index contributed by atoms with van der Waals surface area (Å²) >= 11 is 0. The Labute approximate surface area is 125 Å². The second-order valence-corrected chi connectivity index (χ2v) is 7.44. The summed E-state index contributed by atoms with van der Waals surface area (Å²) in [7, 11) is -3.58. The van der Waals surface area contributed by atoms with Crippen LogP contribution >= 0.6 is 0 Å². The van der Waals surface area contributed by atoms with E-state index in [1.54, 1.807) is 18.5 Å². The molecular weight excluding hydrogens is 288 g/mol. The summed E-state index contributed by atoms with van der Waals surface area (Å²) in [5.74, 6) is 0. The first-order chi connectivity index (χ1) is 9.76. The molecule has 1 heterocycles. The molecule has 2 rings (SSSR count).